The van der Waals surface area contributed by atoms with Gasteiger partial charge in [0, 0.05) is 25.1 Å². The fourth-order valence-electron chi connectivity index (χ4n) is 3.64. The van der Waals surface area contributed by atoms with Crippen LogP contribution in [0, 0.1) is 17.6 Å². The third-order valence-electron chi connectivity index (χ3n) is 5.25. The summed E-state index contributed by atoms with van der Waals surface area (Å²) in [6, 6.07) is 7.94. The smallest absolute Gasteiger partial charge is 0.245 e. The van der Waals surface area contributed by atoms with Crippen molar-refractivity contribution in [2.24, 2.45) is 5.92 Å². The van der Waals surface area contributed by atoms with Crippen LogP contribution >= 0.6 is 11.3 Å². The normalized spacial score (nSPS) is 15.7. The second-order valence-corrected chi connectivity index (χ2v) is 10.2. The largest absolute Gasteiger partial charge is 0.492 e. The van der Waals surface area contributed by atoms with Crippen LogP contribution in [0.1, 0.15) is 19.8 Å². The summed E-state index contributed by atoms with van der Waals surface area (Å²) in [5, 5.41) is 3.26. The number of nitrogens with zero attached hydrogens (tertiary/aromatic N) is 2. The molecule has 1 fully saturated rings. The van der Waals surface area contributed by atoms with Crippen LogP contribution in [0.2, 0.25) is 0 Å². The maximum atomic E-state index is 14.0. The molecule has 32 heavy (non-hydrogen) atoms. The molecule has 11 heteroatoms. The van der Waals surface area contributed by atoms with Gasteiger partial charge in [0.25, 0.3) is 0 Å². The molecule has 1 N–H and O–H groups in total. The summed E-state index contributed by atoms with van der Waals surface area (Å²) in [5.74, 6) is -1.98. The summed E-state index contributed by atoms with van der Waals surface area (Å²) in [5.41, 5.74) is 0.678. The van der Waals surface area contributed by atoms with Crippen molar-refractivity contribution in [2.45, 2.75) is 24.7 Å². The zero-order chi connectivity index (χ0) is 22.9. The monoisotopic (exact) mass is 481 g/mol. The van der Waals surface area contributed by atoms with E-state index in [-0.39, 0.29) is 31.8 Å². The van der Waals surface area contributed by atoms with Gasteiger partial charge < -0.3 is 10.1 Å². The van der Waals surface area contributed by atoms with Crippen LogP contribution in [-0.4, -0.2) is 43.3 Å². The molecule has 4 rings (SSSR count). The number of carbonyl (C=O) groups excluding carboxylic acids is 1. The van der Waals surface area contributed by atoms with E-state index in [1.165, 1.54) is 11.3 Å². The highest BCUT2D eigenvalue weighted by atomic mass is 32.2. The third kappa shape index (κ3) is 4.45. The van der Waals surface area contributed by atoms with Crippen LogP contribution in [0.5, 0.6) is 5.75 Å². The predicted molar refractivity (Wildman–Crippen MR) is 117 cm³/mol. The van der Waals surface area contributed by atoms with Gasteiger partial charge in [0.15, 0.2) is 5.13 Å². The van der Waals surface area contributed by atoms with Crippen molar-refractivity contribution < 1.29 is 26.7 Å². The second-order valence-electron chi connectivity index (χ2n) is 7.30. The number of rotatable bonds is 6. The molecular weight excluding hydrogens is 460 g/mol. The standard InChI is InChI=1S/C21H21F2N3O4S2/c1-2-30-16-4-3-5-17-19(16)24-21(31-17)25-20(27)13-8-10-26(11-9-13)32(28,29)18-7-6-14(22)12-15(18)23/h3-7,12-13H,2,8-11H2,1H3,(H,24,25,27). The fourth-order valence-corrected chi connectivity index (χ4v) is 6.04. The summed E-state index contributed by atoms with van der Waals surface area (Å²) >= 11 is 1.33. The Morgan fingerprint density at radius 2 is 2.00 bits per heavy atom. The lowest BCUT2D eigenvalue weighted by Gasteiger charge is -2.30. The van der Waals surface area contributed by atoms with Crippen molar-refractivity contribution in [3.63, 3.8) is 0 Å². The summed E-state index contributed by atoms with van der Waals surface area (Å²) in [6.07, 6.45) is 0.561. The summed E-state index contributed by atoms with van der Waals surface area (Å²) in [4.78, 5) is 16.6. The number of amides is 1. The van der Waals surface area contributed by atoms with Crippen molar-refractivity contribution in [1.29, 1.82) is 0 Å². The van der Waals surface area contributed by atoms with Gasteiger partial charge in [-0.1, -0.05) is 17.4 Å². The number of hydrogen-bond acceptors (Lipinski definition) is 6. The van der Waals surface area contributed by atoms with Crippen molar-refractivity contribution in [2.75, 3.05) is 25.0 Å². The van der Waals surface area contributed by atoms with E-state index in [1.807, 2.05) is 25.1 Å². The van der Waals surface area contributed by atoms with E-state index in [2.05, 4.69) is 10.3 Å². The molecule has 2 heterocycles. The predicted octanol–water partition coefficient (Wildman–Crippen LogP) is 4.01. The number of nitrogens with one attached hydrogen (secondary N) is 1. The van der Waals surface area contributed by atoms with E-state index in [1.54, 1.807) is 0 Å². The molecule has 0 aliphatic carbocycles. The van der Waals surface area contributed by atoms with E-state index >= 15 is 0 Å². The topological polar surface area (TPSA) is 88.6 Å². The number of fused-ring (bicyclic) bond motifs is 1. The molecule has 0 saturated carbocycles. The first kappa shape index (κ1) is 22.6. The molecule has 1 saturated heterocycles. The highest BCUT2D eigenvalue weighted by molar-refractivity contribution is 7.89. The molecule has 0 unspecified atom stereocenters. The van der Waals surface area contributed by atoms with E-state index in [0.717, 1.165) is 21.1 Å². The van der Waals surface area contributed by atoms with Gasteiger partial charge in [-0.3, -0.25) is 4.79 Å². The van der Waals surface area contributed by atoms with Gasteiger partial charge in [-0.05, 0) is 44.0 Å². The Morgan fingerprint density at radius 1 is 1.25 bits per heavy atom. The van der Waals surface area contributed by atoms with Crippen LogP contribution in [0.4, 0.5) is 13.9 Å². The number of aromatic nitrogens is 1. The number of hydrogen-bond donors (Lipinski definition) is 1. The Labute approximate surface area is 188 Å². The zero-order valence-corrected chi connectivity index (χ0v) is 18.8. The minimum atomic E-state index is -4.11. The van der Waals surface area contributed by atoms with E-state index < -0.39 is 32.5 Å². The summed E-state index contributed by atoms with van der Waals surface area (Å²) in [7, 11) is -4.11. The van der Waals surface area contributed by atoms with E-state index in [0.29, 0.717) is 29.1 Å². The Hall–Kier alpha value is -2.63. The van der Waals surface area contributed by atoms with Crippen molar-refractivity contribution in [3.05, 3.63) is 48.0 Å². The molecule has 7 nitrogen and oxygen atoms in total. The molecular formula is C21H21F2N3O4S2. The van der Waals surface area contributed by atoms with E-state index in [4.69, 9.17) is 4.74 Å². The Morgan fingerprint density at radius 3 is 2.69 bits per heavy atom. The van der Waals surface area contributed by atoms with Gasteiger partial charge in [0.2, 0.25) is 15.9 Å². The lowest BCUT2D eigenvalue weighted by molar-refractivity contribution is -0.120. The Kier molecular flexibility index (Phi) is 6.40. The molecule has 3 aromatic rings. The first-order valence-electron chi connectivity index (χ1n) is 10.1. The SMILES string of the molecule is CCOc1cccc2sc(NC(=O)C3CCN(S(=O)(=O)c4ccc(F)cc4F)CC3)nc12. The molecule has 1 amide bonds. The van der Waals surface area contributed by atoms with Crippen LogP contribution in [0.3, 0.4) is 0 Å². The van der Waals surface area contributed by atoms with Crippen LogP contribution in [-0.2, 0) is 14.8 Å². The first-order valence-corrected chi connectivity index (χ1v) is 12.3. The highest BCUT2D eigenvalue weighted by Gasteiger charge is 2.34. The van der Waals surface area contributed by atoms with Gasteiger partial charge >= 0.3 is 0 Å². The lowest BCUT2D eigenvalue weighted by Crippen LogP contribution is -2.41. The number of thiazole rings is 1. The molecule has 0 spiro atoms. The van der Waals surface area contributed by atoms with Gasteiger partial charge in [-0.2, -0.15) is 4.31 Å². The molecule has 1 aliphatic rings. The Bertz CT molecular complexity index is 1260. The number of ether oxygens (including phenoxy) is 1. The van der Waals surface area contributed by atoms with Crippen LogP contribution < -0.4 is 10.1 Å². The molecule has 2 aromatic carbocycles. The molecule has 0 bridgehead atoms. The van der Waals surface area contributed by atoms with Crippen LogP contribution in [0.25, 0.3) is 10.2 Å². The van der Waals surface area contributed by atoms with E-state index in [9.17, 15) is 22.0 Å². The lowest BCUT2D eigenvalue weighted by atomic mass is 9.97. The fraction of sp³-hybridized carbons (Fsp3) is 0.333. The molecule has 0 atom stereocenters. The average Bonchev–Trinajstić information content (AvgIpc) is 3.17. The van der Waals surface area contributed by atoms with Crippen molar-refractivity contribution in [3.8, 4) is 5.75 Å². The number of piperidine rings is 1. The second kappa shape index (κ2) is 9.08. The number of carbonyl (C=O) groups is 1. The number of benzene rings is 2. The maximum Gasteiger partial charge on any atom is 0.245 e. The summed E-state index contributed by atoms with van der Waals surface area (Å²) < 4.78 is 60.1. The minimum absolute atomic E-state index is 0.0611. The molecule has 1 aliphatic heterocycles. The molecule has 170 valence electrons. The quantitative estimate of drug-likeness (QED) is 0.575. The number of para-hydroxylation sites is 1. The van der Waals surface area contributed by atoms with Crippen molar-refractivity contribution >= 4 is 42.6 Å². The highest BCUT2D eigenvalue weighted by Crippen LogP contribution is 2.33. The van der Waals surface area contributed by atoms with Gasteiger partial charge in [-0.15, -0.1) is 0 Å². The first-order chi connectivity index (χ1) is 15.3. The third-order valence-corrected chi connectivity index (χ3v) is 8.12. The Balaban J connectivity index is 1.41. The van der Waals surface area contributed by atoms with Gasteiger partial charge in [0.05, 0.1) is 11.3 Å². The molecule has 0 radical (unpaired) electrons. The van der Waals surface area contributed by atoms with Crippen molar-refractivity contribution in [1.82, 2.24) is 9.29 Å². The minimum Gasteiger partial charge on any atom is -0.492 e. The summed E-state index contributed by atoms with van der Waals surface area (Å²) in [6.45, 7) is 2.50. The average molecular weight is 482 g/mol. The molecule has 1 aromatic heterocycles. The number of sulfonamides is 1. The number of anilines is 1. The maximum absolute atomic E-state index is 14.0. The zero-order valence-electron chi connectivity index (χ0n) is 17.2. The van der Waals surface area contributed by atoms with Crippen LogP contribution in [0.15, 0.2) is 41.3 Å². The number of halogens is 2. The van der Waals surface area contributed by atoms with Gasteiger partial charge in [0.1, 0.15) is 27.8 Å². The van der Waals surface area contributed by atoms with Gasteiger partial charge in [-0.25, -0.2) is 22.2 Å².